The molecule has 5 heteroatoms. The summed E-state index contributed by atoms with van der Waals surface area (Å²) >= 11 is 6.13. The van der Waals surface area contributed by atoms with E-state index in [9.17, 15) is 5.26 Å². The Bertz CT molecular complexity index is 480. The van der Waals surface area contributed by atoms with Gasteiger partial charge in [0.15, 0.2) is 0 Å². The van der Waals surface area contributed by atoms with Crippen LogP contribution in [-0.4, -0.2) is 39.4 Å². The van der Waals surface area contributed by atoms with Crippen LogP contribution in [-0.2, 0) is 4.74 Å². The van der Waals surface area contributed by atoms with Gasteiger partial charge in [0.1, 0.15) is 6.07 Å². The molecule has 1 fully saturated rings. The molecular formula is C15H20ClN3O. The molecule has 0 bridgehead atoms. The first-order valence-electron chi connectivity index (χ1n) is 6.92. The van der Waals surface area contributed by atoms with Crippen molar-refractivity contribution in [1.29, 1.82) is 5.26 Å². The minimum atomic E-state index is 0.470. The van der Waals surface area contributed by atoms with Gasteiger partial charge in [-0.3, -0.25) is 0 Å². The third-order valence-corrected chi connectivity index (χ3v) is 3.93. The molecule has 0 aromatic heterocycles. The number of nitriles is 1. The molecule has 1 aromatic rings. The second-order valence-electron chi connectivity index (χ2n) is 4.98. The van der Waals surface area contributed by atoms with Crippen molar-refractivity contribution in [2.24, 2.45) is 0 Å². The van der Waals surface area contributed by atoms with Gasteiger partial charge in [-0.15, -0.1) is 0 Å². The van der Waals surface area contributed by atoms with E-state index in [0.717, 1.165) is 25.3 Å². The Hall–Kier alpha value is -1.28. The molecule has 1 N–H and O–H groups in total. The van der Waals surface area contributed by atoms with Gasteiger partial charge >= 0.3 is 0 Å². The smallest absolute Gasteiger partial charge is 0.103 e. The van der Waals surface area contributed by atoms with E-state index in [1.54, 1.807) is 13.2 Å². The number of hydrogen-bond acceptors (Lipinski definition) is 4. The zero-order valence-corrected chi connectivity index (χ0v) is 12.5. The number of nitrogens with one attached hydrogen (secondary N) is 1. The van der Waals surface area contributed by atoms with Gasteiger partial charge in [-0.25, -0.2) is 0 Å². The van der Waals surface area contributed by atoms with E-state index in [4.69, 9.17) is 16.3 Å². The highest BCUT2D eigenvalue weighted by Crippen LogP contribution is 2.27. The number of anilines is 1. The van der Waals surface area contributed by atoms with Crippen LogP contribution in [0.25, 0.3) is 0 Å². The standard InChI is InChI=1S/C15H20ClN3O/c1-20-9-8-19(11-12-4-3-7-18-12)15-6-2-5-14(16)13(15)10-17/h2,5-6,12,18H,3-4,7-9,11H2,1H3. The highest BCUT2D eigenvalue weighted by atomic mass is 35.5. The molecule has 20 heavy (non-hydrogen) atoms. The highest BCUT2D eigenvalue weighted by Gasteiger charge is 2.20. The summed E-state index contributed by atoms with van der Waals surface area (Å²) in [6.07, 6.45) is 2.38. The van der Waals surface area contributed by atoms with Crippen molar-refractivity contribution in [3.8, 4) is 6.07 Å². The Balaban J connectivity index is 2.21. The monoisotopic (exact) mass is 293 g/mol. The lowest BCUT2D eigenvalue weighted by molar-refractivity contribution is 0.204. The number of ether oxygens (including phenoxy) is 1. The Kier molecular flexibility index (Phi) is 5.66. The zero-order valence-electron chi connectivity index (χ0n) is 11.7. The van der Waals surface area contributed by atoms with Crippen molar-refractivity contribution in [2.45, 2.75) is 18.9 Å². The van der Waals surface area contributed by atoms with Gasteiger partial charge < -0.3 is 15.0 Å². The summed E-state index contributed by atoms with van der Waals surface area (Å²) in [5.41, 5.74) is 1.44. The van der Waals surface area contributed by atoms with E-state index in [2.05, 4.69) is 16.3 Å². The lowest BCUT2D eigenvalue weighted by atomic mass is 10.1. The molecule has 1 atom stereocenters. The van der Waals surface area contributed by atoms with Crippen LogP contribution in [0.5, 0.6) is 0 Å². The van der Waals surface area contributed by atoms with Gasteiger partial charge in [0.2, 0.25) is 0 Å². The van der Waals surface area contributed by atoms with E-state index in [-0.39, 0.29) is 0 Å². The van der Waals surface area contributed by atoms with Crippen molar-refractivity contribution >= 4 is 17.3 Å². The normalized spacial score (nSPS) is 17.9. The molecule has 2 rings (SSSR count). The first-order valence-corrected chi connectivity index (χ1v) is 7.30. The molecule has 0 aliphatic carbocycles. The van der Waals surface area contributed by atoms with Crippen LogP contribution in [0.1, 0.15) is 18.4 Å². The van der Waals surface area contributed by atoms with Crippen molar-refractivity contribution in [3.05, 3.63) is 28.8 Å². The lowest BCUT2D eigenvalue weighted by Crippen LogP contribution is -2.39. The number of halogens is 1. The van der Waals surface area contributed by atoms with Crippen LogP contribution in [0.2, 0.25) is 5.02 Å². The Labute approximate surface area is 125 Å². The highest BCUT2D eigenvalue weighted by molar-refractivity contribution is 6.32. The average Bonchev–Trinajstić information content (AvgIpc) is 2.96. The van der Waals surface area contributed by atoms with Crippen molar-refractivity contribution in [2.75, 3.05) is 38.3 Å². The predicted octanol–water partition coefficient (Wildman–Crippen LogP) is 2.42. The molecule has 0 spiro atoms. The molecule has 108 valence electrons. The second-order valence-corrected chi connectivity index (χ2v) is 5.39. The summed E-state index contributed by atoms with van der Waals surface area (Å²) in [7, 11) is 1.69. The minimum absolute atomic E-state index is 0.470. The average molecular weight is 294 g/mol. The molecule has 4 nitrogen and oxygen atoms in total. The van der Waals surface area contributed by atoms with Gasteiger partial charge in [-0.1, -0.05) is 17.7 Å². The Morgan fingerprint density at radius 1 is 1.55 bits per heavy atom. The number of nitrogens with zero attached hydrogens (tertiary/aromatic N) is 2. The lowest BCUT2D eigenvalue weighted by Gasteiger charge is -2.28. The summed E-state index contributed by atoms with van der Waals surface area (Å²) in [6.45, 7) is 3.33. The zero-order chi connectivity index (χ0) is 14.4. The summed E-state index contributed by atoms with van der Waals surface area (Å²) < 4.78 is 5.18. The van der Waals surface area contributed by atoms with Crippen LogP contribution in [0.3, 0.4) is 0 Å². The molecule has 1 heterocycles. The van der Waals surface area contributed by atoms with E-state index < -0.39 is 0 Å². The molecule has 1 aliphatic rings. The first-order chi connectivity index (χ1) is 9.76. The second kappa shape index (κ2) is 7.49. The third-order valence-electron chi connectivity index (χ3n) is 3.61. The fourth-order valence-corrected chi connectivity index (χ4v) is 2.79. The maximum Gasteiger partial charge on any atom is 0.103 e. The molecule has 1 aromatic carbocycles. The summed E-state index contributed by atoms with van der Waals surface area (Å²) in [5.74, 6) is 0. The summed E-state index contributed by atoms with van der Waals surface area (Å²) in [5, 5.41) is 13.3. The number of rotatable bonds is 6. The summed E-state index contributed by atoms with van der Waals surface area (Å²) in [6, 6.07) is 8.28. The van der Waals surface area contributed by atoms with Crippen LogP contribution in [0.15, 0.2) is 18.2 Å². The van der Waals surface area contributed by atoms with Crippen LogP contribution < -0.4 is 10.2 Å². The van der Waals surface area contributed by atoms with Gasteiger partial charge in [0, 0.05) is 26.2 Å². The van der Waals surface area contributed by atoms with Crippen LogP contribution in [0.4, 0.5) is 5.69 Å². The molecular weight excluding hydrogens is 274 g/mol. The minimum Gasteiger partial charge on any atom is -0.383 e. The molecule has 0 saturated carbocycles. The van der Waals surface area contributed by atoms with Gasteiger partial charge in [-0.2, -0.15) is 5.26 Å². The van der Waals surface area contributed by atoms with Gasteiger partial charge in [0.05, 0.1) is 22.9 Å². The summed E-state index contributed by atoms with van der Waals surface area (Å²) in [4.78, 5) is 2.19. The Morgan fingerprint density at radius 3 is 3.05 bits per heavy atom. The molecule has 1 aliphatic heterocycles. The van der Waals surface area contributed by atoms with E-state index in [1.807, 2.05) is 12.1 Å². The molecule has 1 saturated heterocycles. The number of hydrogen-bond donors (Lipinski definition) is 1. The predicted molar refractivity (Wildman–Crippen MR) is 81.3 cm³/mol. The molecule has 1 unspecified atom stereocenters. The third kappa shape index (κ3) is 3.63. The van der Waals surface area contributed by atoms with Gasteiger partial charge in [-0.05, 0) is 31.5 Å². The fourth-order valence-electron chi connectivity index (χ4n) is 2.58. The quantitative estimate of drug-likeness (QED) is 0.875. The van der Waals surface area contributed by atoms with E-state index in [1.165, 1.54) is 12.8 Å². The molecule has 0 amide bonds. The van der Waals surface area contributed by atoms with Crippen molar-refractivity contribution in [1.82, 2.24) is 5.32 Å². The maximum atomic E-state index is 9.33. The van der Waals surface area contributed by atoms with Crippen LogP contribution in [0, 0.1) is 11.3 Å². The largest absolute Gasteiger partial charge is 0.383 e. The van der Waals surface area contributed by atoms with E-state index >= 15 is 0 Å². The maximum absolute atomic E-state index is 9.33. The topological polar surface area (TPSA) is 48.3 Å². The van der Waals surface area contributed by atoms with Crippen molar-refractivity contribution < 1.29 is 4.74 Å². The number of methoxy groups -OCH3 is 1. The first kappa shape index (κ1) is 15.1. The van der Waals surface area contributed by atoms with Crippen LogP contribution >= 0.6 is 11.6 Å². The number of benzene rings is 1. The SMILES string of the molecule is COCCN(CC1CCCN1)c1cccc(Cl)c1C#N. The Morgan fingerprint density at radius 2 is 2.40 bits per heavy atom. The van der Waals surface area contributed by atoms with Gasteiger partial charge in [0.25, 0.3) is 0 Å². The molecule has 0 radical (unpaired) electrons. The fraction of sp³-hybridized carbons (Fsp3) is 0.533. The van der Waals surface area contributed by atoms with Crippen molar-refractivity contribution in [3.63, 3.8) is 0 Å². The van der Waals surface area contributed by atoms with E-state index in [0.29, 0.717) is 23.2 Å².